The number of β-lactam (4-membered cyclic amide) rings is 1. The molecular formula is C18H21NO8S. The molecule has 2 aliphatic rings. The zero-order chi connectivity index (χ0) is 20.8. The van der Waals surface area contributed by atoms with Crippen molar-refractivity contribution in [1.82, 2.24) is 4.31 Å². The summed E-state index contributed by atoms with van der Waals surface area (Å²) < 4.78 is 42.6. The van der Waals surface area contributed by atoms with Crippen molar-refractivity contribution in [2.24, 2.45) is 5.92 Å². The maximum Gasteiger partial charge on any atom is 0.303 e. The summed E-state index contributed by atoms with van der Waals surface area (Å²) in [7, 11) is -4.14. The number of fused-ring (bicyclic) bond motifs is 1. The van der Waals surface area contributed by atoms with Crippen LogP contribution >= 0.6 is 0 Å². The summed E-state index contributed by atoms with van der Waals surface area (Å²) in [6.45, 7) is 5.70. The molecule has 0 saturated carbocycles. The number of esters is 2. The van der Waals surface area contributed by atoms with Crippen LogP contribution < -0.4 is 0 Å². The largest absolute Gasteiger partial charge is 0.457 e. The summed E-state index contributed by atoms with van der Waals surface area (Å²) in [4.78, 5) is 35.6. The van der Waals surface area contributed by atoms with Gasteiger partial charge in [0.25, 0.3) is 10.0 Å². The van der Waals surface area contributed by atoms with Gasteiger partial charge in [0.05, 0.1) is 11.0 Å². The minimum Gasteiger partial charge on any atom is -0.457 e. The maximum atomic E-state index is 12.9. The van der Waals surface area contributed by atoms with E-state index in [4.69, 9.17) is 14.2 Å². The number of carbonyl (C=O) groups excluding carboxylic acids is 3. The van der Waals surface area contributed by atoms with Gasteiger partial charge in [0.1, 0.15) is 5.92 Å². The summed E-state index contributed by atoms with van der Waals surface area (Å²) in [6, 6.07) is 6.06. The van der Waals surface area contributed by atoms with Crippen LogP contribution in [0.25, 0.3) is 0 Å². The molecule has 0 radical (unpaired) electrons. The molecule has 0 spiro atoms. The first-order chi connectivity index (χ1) is 13.0. The molecular weight excluding hydrogens is 390 g/mol. The number of hydrogen-bond acceptors (Lipinski definition) is 8. The van der Waals surface area contributed by atoms with Crippen molar-refractivity contribution < 1.29 is 37.0 Å². The third-order valence-electron chi connectivity index (χ3n) is 4.72. The molecule has 9 nitrogen and oxygen atoms in total. The molecule has 2 saturated heterocycles. The van der Waals surface area contributed by atoms with Crippen molar-refractivity contribution in [1.29, 1.82) is 0 Å². The van der Waals surface area contributed by atoms with Gasteiger partial charge in [-0.15, -0.1) is 0 Å². The lowest BCUT2D eigenvalue weighted by molar-refractivity contribution is -0.261. The lowest BCUT2D eigenvalue weighted by Gasteiger charge is -2.53. The van der Waals surface area contributed by atoms with Crippen LogP contribution in [0, 0.1) is 12.8 Å². The van der Waals surface area contributed by atoms with Crippen LogP contribution in [0.5, 0.6) is 0 Å². The van der Waals surface area contributed by atoms with E-state index in [9.17, 15) is 22.8 Å². The van der Waals surface area contributed by atoms with Crippen LogP contribution in [-0.2, 0) is 38.6 Å². The fourth-order valence-corrected chi connectivity index (χ4v) is 4.96. The summed E-state index contributed by atoms with van der Waals surface area (Å²) >= 11 is 0. The molecule has 3 rings (SSSR count). The molecule has 0 N–H and O–H groups in total. The van der Waals surface area contributed by atoms with E-state index in [1.165, 1.54) is 19.1 Å². The average molecular weight is 411 g/mol. The highest BCUT2D eigenvalue weighted by atomic mass is 32.2. The van der Waals surface area contributed by atoms with Crippen molar-refractivity contribution in [3.63, 3.8) is 0 Å². The summed E-state index contributed by atoms with van der Waals surface area (Å²) in [5, 5.41) is 0. The Kier molecular flexibility index (Phi) is 5.20. The normalized spacial score (nSPS) is 29.5. The van der Waals surface area contributed by atoms with Crippen LogP contribution in [0.15, 0.2) is 29.2 Å². The lowest BCUT2D eigenvalue weighted by Crippen LogP contribution is -2.74. The van der Waals surface area contributed by atoms with Crippen molar-refractivity contribution >= 4 is 27.9 Å². The monoisotopic (exact) mass is 411 g/mol. The molecule has 152 valence electrons. The molecule has 1 amide bonds. The van der Waals surface area contributed by atoms with Gasteiger partial charge in [0.2, 0.25) is 5.91 Å². The molecule has 0 bridgehead atoms. The van der Waals surface area contributed by atoms with Gasteiger partial charge in [-0.2, -0.15) is 0 Å². The second kappa shape index (κ2) is 7.17. The van der Waals surface area contributed by atoms with E-state index in [2.05, 4.69) is 0 Å². The first kappa shape index (κ1) is 20.3. The van der Waals surface area contributed by atoms with E-state index in [1.807, 2.05) is 6.92 Å². The molecule has 28 heavy (non-hydrogen) atoms. The minimum absolute atomic E-state index is 0.0488. The number of benzene rings is 1. The quantitative estimate of drug-likeness (QED) is 0.526. The Morgan fingerprint density at radius 1 is 1.04 bits per heavy atom. The summed E-state index contributed by atoms with van der Waals surface area (Å²) in [5.74, 6) is -3.17. The molecule has 10 heteroatoms. The summed E-state index contributed by atoms with van der Waals surface area (Å²) in [5.41, 5.74) is 0.869. The Labute approximate surface area is 162 Å². The predicted molar refractivity (Wildman–Crippen MR) is 94.1 cm³/mol. The number of sulfonamides is 1. The molecule has 5 atom stereocenters. The predicted octanol–water partition coefficient (Wildman–Crippen LogP) is 0.750. The average Bonchev–Trinajstić information content (AvgIpc) is 2.57. The number of aryl methyl sites for hydroxylation is 1. The van der Waals surface area contributed by atoms with E-state index in [0.29, 0.717) is 4.31 Å². The number of hydrogen-bond donors (Lipinski definition) is 0. The Morgan fingerprint density at radius 2 is 1.57 bits per heavy atom. The minimum atomic E-state index is -4.14. The molecule has 1 aromatic rings. The molecule has 2 aliphatic heterocycles. The molecule has 1 aromatic carbocycles. The number of nitrogens with zero attached hydrogens (tertiary/aromatic N) is 1. The van der Waals surface area contributed by atoms with Crippen molar-refractivity contribution in [3.8, 4) is 0 Å². The van der Waals surface area contributed by atoms with E-state index < -0.39 is 58.3 Å². The van der Waals surface area contributed by atoms with Crippen molar-refractivity contribution in [2.75, 3.05) is 0 Å². The fraction of sp³-hybridized carbons (Fsp3) is 0.500. The van der Waals surface area contributed by atoms with Gasteiger partial charge < -0.3 is 14.2 Å². The smallest absolute Gasteiger partial charge is 0.303 e. The summed E-state index contributed by atoms with van der Waals surface area (Å²) in [6.07, 6.45) is -4.09. The van der Waals surface area contributed by atoms with Crippen LogP contribution in [0.2, 0.25) is 0 Å². The lowest BCUT2D eigenvalue weighted by atomic mass is 9.84. The van der Waals surface area contributed by atoms with E-state index in [1.54, 1.807) is 19.1 Å². The van der Waals surface area contributed by atoms with Gasteiger partial charge in [0, 0.05) is 13.8 Å². The number of ether oxygens (including phenoxy) is 3. The van der Waals surface area contributed by atoms with Crippen molar-refractivity contribution in [2.45, 2.75) is 57.1 Å². The van der Waals surface area contributed by atoms with Crippen LogP contribution in [-0.4, -0.2) is 55.1 Å². The first-order valence-electron chi connectivity index (χ1n) is 8.69. The van der Waals surface area contributed by atoms with E-state index >= 15 is 0 Å². The van der Waals surface area contributed by atoms with Crippen LogP contribution in [0.1, 0.15) is 26.3 Å². The van der Waals surface area contributed by atoms with Gasteiger partial charge in [-0.3, -0.25) is 14.4 Å². The Morgan fingerprint density at radius 3 is 2.11 bits per heavy atom. The van der Waals surface area contributed by atoms with Crippen LogP contribution in [0.3, 0.4) is 0 Å². The van der Waals surface area contributed by atoms with E-state index in [0.717, 1.165) is 12.5 Å². The third-order valence-corrected chi connectivity index (χ3v) is 6.49. The fourth-order valence-electron chi connectivity index (χ4n) is 3.44. The second-order valence-electron chi connectivity index (χ2n) is 6.86. The zero-order valence-corrected chi connectivity index (χ0v) is 16.6. The Hall–Kier alpha value is -2.46. The highest BCUT2D eigenvalue weighted by Gasteiger charge is 2.65. The number of amides is 1. The Bertz CT molecular complexity index is 910. The molecule has 2 heterocycles. The SMILES string of the molecule is CC(=O)O[C@@H]1[C@@H](OC(C)=O)[C@H](C)O[C@@H]2[C@H]1C(=O)N2S(=O)(=O)c1ccc(C)cc1. The molecule has 0 aromatic heterocycles. The molecule has 0 aliphatic carbocycles. The maximum absolute atomic E-state index is 12.9. The number of carbonyl (C=O) groups is 3. The van der Waals surface area contributed by atoms with Gasteiger partial charge in [0.15, 0.2) is 18.4 Å². The van der Waals surface area contributed by atoms with Crippen molar-refractivity contribution in [3.05, 3.63) is 29.8 Å². The highest BCUT2D eigenvalue weighted by molar-refractivity contribution is 7.89. The zero-order valence-electron chi connectivity index (χ0n) is 15.8. The highest BCUT2D eigenvalue weighted by Crippen LogP contribution is 2.43. The van der Waals surface area contributed by atoms with Gasteiger partial charge in [-0.1, -0.05) is 17.7 Å². The van der Waals surface area contributed by atoms with E-state index in [-0.39, 0.29) is 4.90 Å². The molecule has 2 fully saturated rings. The van der Waals surface area contributed by atoms with Gasteiger partial charge in [-0.25, -0.2) is 12.7 Å². The number of rotatable bonds is 4. The standard InChI is InChI=1S/C18H21NO8S/c1-9-5-7-13(8-6-9)28(23,24)19-17(22)14-16(27-12(4)21)15(26-11(3)20)10(2)25-18(14)19/h5-8,10,14-16,18H,1-4H3/t10-,14+,15-,16-,18+/m0/s1. The topological polar surface area (TPSA) is 116 Å². The van der Waals surface area contributed by atoms with Gasteiger partial charge in [-0.05, 0) is 26.0 Å². The van der Waals surface area contributed by atoms with Gasteiger partial charge >= 0.3 is 11.9 Å². The Balaban J connectivity index is 1.93. The second-order valence-corrected chi connectivity index (χ2v) is 8.67. The van der Waals surface area contributed by atoms with Crippen LogP contribution in [0.4, 0.5) is 0 Å². The first-order valence-corrected chi connectivity index (χ1v) is 10.1. The molecule has 0 unspecified atom stereocenters. The third kappa shape index (κ3) is 3.37.